The Bertz CT molecular complexity index is 597. The van der Waals surface area contributed by atoms with E-state index in [2.05, 4.69) is 20.6 Å². The van der Waals surface area contributed by atoms with Crippen molar-refractivity contribution in [2.75, 3.05) is 11.9 Å². The number of benzene rings is 1. The molecular formula is C16H19ClN4O. The van der Waals surface area contributed by atoms with Gasteiger partial charge in [-0.15, -0.1) is 12.4 Å². The number of rotatable bonds is 3. The number of carbonyl (C=O) groups excluding carboxylic acids is 1. The van der Waals surface area contributed by atoms with E-state index in [0.717, 1.165) is 31.4 Å². The summed E-state index contributed by atoms with van der Waals surface area (Å²) in [5, 5.41) is 6.09. The zero-order valence-corrected chi connectivity index (χ0v) is 13.0. The Balaban J connectivity index is 0.00000176. The molecular weight excluding hydrogens is 300 g/mol. The summed E-state index contributed by atoms with van der Waals surface area (Å²) < 4.78 is 0. The molecule has 6 heteroatoms. The molecule has 1 aliphatic heterocycles. The van der Waals surface area contributed by atoms with Crippen molar-refractivity contribution in [2.24, 2.45) is 0 Å². The van der Waals surface area contributed by atoms with E-state index in [4.69, 9.17) is 0 Å². The highest BCUT2D eigenvalue weighted by Gasteiger charge is 2.20. The summed E-state index contributed by atoms with van der Waals surface area (Å²) in [6.45, 7) is 0.904. The molecule has 1 aromatic heterocycles. The van der Waals surface area contributed by atoms with Crippen molar-refractivity contribution in [2.45, 2.75) is 25.3 Å². The molecule has 2 aromatic rings. The maximum atomic E-state index is 12.1. The molecule has 5 nitrogen and oxygen atoms in total. The lowest BCUT2D eigenvalue weighted by molar-refractivity contribution is -0.118. The minimum Gasteiger partial charge on any atom is -0.322 e. The second kappa shape index (κ2) is 7.87. The van der Waals surface area contributed by atoms with Gasteiger partial charge in [-0.2, -0.15) is 0 Å². The van der Waals surface area contributed by atoms with Crippen molar-refractivity contribution < 1.29 is 4.79 Å². The van der Waals surface area contributed by atoms with Gasteiger partial charge in [-0.1, -0.05) is 36.8 Å². The van der Waals surface area contributed by atoms with E-state index in [-0.39, 0.29) is 24.4 Å². The highest BCUT2D eigenvalue weighted by molar-refractivity contribution is 5.94. The highest BCUT2D eigenvalue weighted by atomic mass is 35.5. The predicted octanol–water partition coefficient (Wildman–Crippen LogP) is 2.65. The van der Waals surface area contributed by atoms with Gasteiger partial charge in [0.25, 0.3) is 0 Å². The van der Waals surface area contributed by atoms with Crippen molar-refractivity contribution in [1.82, 2.24) is 15.3 Å². The predicted molar refractivity (Wildman–Crippen MR) is 89.0 cm³/mol. The van der Waals surface area contributed by atoms with Crippen LogP contribution in [0.2, 0.25) is 0 Å². The van der Waals surface area contributed by atoms with E-state index in [1.165, 1.54) is 0 Å². The molecule has 1 aliphatic rings. The number of aromatic nitrogens is 2. The fourth-order valence-corrected chi connectivity index (χ4v) is 2.43. The van der Waals surface area contributed by atoms with E-state index in [9.17, 15) is 4.79 Å². The molecule has 1 fully saturated rings. The smallest absolute Gasteiger partial charge is 0.241 e. The van der Waals surface area contributed by atoms with Crippen molar-refractivity contribution >= 4 is 24.0 Å². The third-order valence-corrected chi connectivity index (χ3v) is 3.58. The lowest BCUT2D eigenvalue weighted by atomic mass is 10.0. The largest absolute Gasteiger partial charge is 0.322 e. The Kier molecular flexibility index (Phi) is 5.86. The van der Waals surface area contributed by atoms with Gasteiger partial charge in [0.2, 0.25) is 5.91 Å². The van der Waals surface area contributed by atoms with Crippen LogP contribution in [-0.4, -0.2) is 28.5 Å². The van der Waals surface area contributed by atoms with Crippen molar-refractivity contribution in [3.63, 3.8) is 0 Å². The average Bonchev–Trinajstić information content (AvgIpc) is 2.57. The lowest BCUT2D eigenvalue weighted by Crippen LogP contribution is -2.43. The summed E-state index contributed by atoms with van der Waals surface area (Å²) in [7, 11) is 0. The zero-order chi connectivity index (χ0) is 14.5. The first-order valence-corrected chi connectivity index (χ1v) is 7.24. The minimum absolute atomic E-state index is 0. The average molecular weight is 319 g/mol. The van der Waals surface area contributed by atoms with Crippen LogP contribution in [0.15, 0.2) is 42.7 Å². The maximum absolute atomic E-state index is 12.1. The first-order valence-electron chi connectivity index (χ1n) is 7.24. The molecule has 1 aromatic carbocycles. The number of halogens is 1. The second-order valence-corrected chi connectivity index (χ2v) is 5.15. The Hall–Kier alpha value is -1.98. The van der Waals surface area contributed by atoms with E-state index in [1.807, 2.05) is 30.3 Å². The molecule has 22 heavy (non-hydrogen) atoms. The summed E-state index contributed by atoms with van der Waals surface area (Å²) in [6, 6.07) is 9.66. The molecule has 0 aliphatic carbocycles. The fraction of sp³-hybridized carbons (Fsp3) is 0.312. The summed E-state index contributed by atoms with van der Waals surface area (Å²) >= 11 is 0. The molecule has 0 spiro atoms. The number of anilines is 1. The molecule has 2 heterocycles. The Labute approximate surface area is 136 Å². The van der Waals surface area contributed by atoms with Crippen molar-refractivity contribution in [3.05, 3.63) is 42.7 Å². The van der Waals surface area contributed by atoms with Gasteiger partial charge in [-0.25, -0.2) is 9.97 Å². The molecule has 0 unspecified atom stereocenters. The summed E-state index contributed by atoms with van der Waals surface area (Å²) in [6.07, 6.45) is 6.41. The van der Waals surface area contributed by atoms with E-state index >= 15 is 0 Å². The normalized spacial score (nSPS) is 17.4. The number of nitrogens with zero attached hydrogens (tertiary/aromatic N) is 2. The van der Waals surface area contributed by atoms with Crippen LogP contribution in [0.4, 0.5) is 5.69 Å². The van der Waals surface area contributed by atoms with Crippen molar-refractivity contribution in [1.29, 1.82) is 0 Å². The van der Waals surface area contributed by atoms with Crippen LogP contribution in [0.25, 0.3) is 11.4 Å². The van der Waals surface area contributed by atoms with Crippen LogP contribution in [0, 0.1) is 0 Å². The molecule has 1 atom stereocenters. The van der Waals surface area contributed by atoms with Crippen LogP contribution < -0.4 is 10.6 Å². The summed E-state index contributed by atoms with van der Waals surface area (Å²) in [5.74, 6) is 0.648. The molecule has 116 valence electrons. The van der Waals surface area contributed by atoms with Gasteiger partial charge < -0.3 is 10.6 Å². The standard InChI is InChI=1S/C16H18N4O.ClH/c21-16(14-8-4-5-9-17-14)20-13-10-18-15(19-11-13)12-6-2-1-3-7-12;/h1-3,6-7,10-11,14,17H,4-5,8-9H2,(H,20,21);1H/t14-;/m0./s1. The topological polar surface area (TPSA) is 66.9 Å². The van der Waals surface area contributed by atoms with Gasteiger partial charge >= 0.3 is 0 Å². The van der Waals surface area contributed by atoms with Crippen LogP contribution >= 0.6 is 12.4 Å². The molecule has 1 saturated heterocycles. The monoisotopic (exact) mass is 318 g/mol. The number of amides is 1. The highest BCUT2D eigenvalue weighted by Crippen LogP contribution is 2.15. The van der Waals surface area contributed by atoms with E-state index < -0.39 is 0 Å². The number of hydrogen-bond acceptors (Lipinski definition) is 4. The Morgan fingerprint density at radius 1 is 1.14 bits per heavy atom. The molecule has 3 rings (SSSR count). The zero-order valence-electron chi connectivity index (χ0n) is 12.2. The fourth-order valence-electron chi connectivity index (χ4n) is 2.43. The quantitative estimate of drug-likeness (QED) is 0.913. The summed E-state index contributed by atoms with van der Waals surface area (Å²) in [5.41, 5.74) is 1.59. The van der Waals surface area contributed by atoms with Gasteiger partial charge in [0.15, 0.2) is 5.82 Å². The second-order valence-electron chi connectivity index (χ2n) is 5.15. The Morgan fingerprint density at radius 3 is 2.50 bits per heavy atom. The van der Waals surface area contributed by atoms with Crippen LogP contribution in [0.1, 0.15) is 19.3 Å². The van der Waals surface area contributed by atoms with Gasteiger partial charge in [0.05, 0.1) is 24.1 Å². The van der Waals surface area contributed by atoms with Gasteiger partial charge in [-0.3, -0.25) is 4.79 Å². The number of piperidine rings is 1. The SMILES string of the molecule is Cl.O=C(Nc1cnc(-c2ccccc2)nc1)[C@@H]1CCCCN1. The van der Waals surface area contributed by atoms with Gasteiger partial charge in [-0.05, 0) is 19.4 Å². The molecule has 0 bridgehead atoms. The number of nitrogens with one attached hydrogen (secondary N) is 2. The Morgan fingerprint density at radius 2 is 1.86 bits per heavy atom. The van der Waals surface area contributed by atoms with Crippen LogP contribution in [-0.2, 0) is 4.79 Å². The van der Waals surface area contributed by atoms with Crippen LogP contribution in [0.5, 0.6) is 0 Å². The van der Waals surface area contributed by atoms with Crippen molar-refractivity contribution in [3.8, 4) is 11.4 Å². The van der Waals surface area contributed by atoms with Crippen LogP contribution in [0.3, 0.4) is 0 Å². The summed E-state index contributed by atoms with van der Waals surface area (Å²) in [4.78, 5) is 20.7. The van der Waals surface area contributed by atoms with Gasteiger partial charge in [0.1, 0.15) is 0 Å². The molecule has 0 radical (unpaired) electrons. The van der Waals surface area contributed by atoms with E-state index in [1.54, 1.807) is 12.4 Å². The van der Waals surface area contributed by atoms with Gasteiger partial charge in [0, 0.05) is 5.56 Å². The maximum Gasteiger partial charge on any atom is 0.241 e. The third kappa shape index (κ3) is 4.02. The molecule has 1 amide bonds. The minimum atomic E-state index is -0.104. The number of carbonyl (C=O) groups is 1. The molecule has 2 N–H and O–H groups in total. The van der Waals surface area contributed by atoms with E-state index in [0.29, 0.717) is 11.5 Å². The first kappa shape index (κ1) is 16.4. The first-order chi connectivity index (χ1) is 10.3. The molecule has 0 saturated carbocycles. The number of hydrogen-bond donors (Lipinski definition) is 2. The third-order valence-electron chi connectivity index (χ3n) is 3.58. The lowest BCUT2D eigenvalue weighted by Gasteiger charge is -2.22.